The molecule has 2 atom stereocenters. The Kier molecular flexibility index (Phi) is 5.09. The summed E-state index contributed by atoms with van der Waals surface area (Å²) in [5, 5.41) is 5.62. The maximum absolute atomic E-state index is 11.7. The van der Waals surface area contributed by atoms with Crippen molar-refractivity contribution in [2.45, 2.75) is 38.7 Å². The van der Waals surface area contributed by atoms with E-state index in [0.29, 0.717) is 24.4 Å². The number of rotatable bonds is 7. The van der Waals surface area contributed by atoms with Crippen molar-refractivity contribution in [3.8, 4) is 0 Å². The fraction of sp³-hybridized carbons (Fsp3) is 0.750. The molecular formula is C12H19N3O3S. The topological polar surface area (TPSA) is 80.0 Å². The van der Waals surface area contributed by atoms with Crippen LogP contribution < -0.4 is 0 Å². The normalized spacial score (nSPS) is 22.7. The molecule has 1 aromatic heterocycles. The van der Waals surface area contributed by atoms with Crippen LogP contribution in [0.5, 0.6) is 0 Å². The summed E-state index contributed by atoms with van der Waals surface area (Å²) in [4.78, 5) is 15.8. The number of nitrogens with one attached hydrogen (secondary N) is 2. The van der Waals surface area contributed by atoms with E-state index in [4.69, 9.17) is 21.7 Å². The maximum atomic E-state index is 11.7. The van der Waals surface area contributed by atoms with Crippen LogP contribution in [-0.2, 0) is 20.7 Å². The Morgan fingerprint density at radius 1 is 1.53 bits per heavy atom. The molecule has 0 saturated carbocycles. The molecule has 0 amide bonds. The van der Waals surface area contributed by atoms with Gasteiger partial charge in [-0.15, -0.1) is 0 Å². The van der Waals surface area contributed by atoms with Gasteiger partial charge in [-0.2, -0.15) is 0 Å². The van der Waals surface area contributed by atoms with Crippen LogP contribution >= 0.6 is 12.2 Å². The number of hydrogen-bond acceptors (Lipinski definition) is 5. The van der Waals surface area contributed by atoms with Gasteiger partial charge in [0.2, 0.25) is 4.77 Å². The zero-order chi connectivity index (χ0) is 13.7. The van der Waals surface area contributed by atoms with Crippen LogP contribution in [-0.4, -0.2) is 40.5 Å². The summed E-state index contributed by atoms with van der Waals surface area (Å²) in [6, 6.07) is 0. The van der Waals surface area contributed by atoms with Crippen molar-refractivity contribution in [1.82, 2.24) is 15.2 Å². The van der Waals surface area contributed by atoms with Crippen molar-refractivity contribution in [1.29, 1.82) is 0 Å². The summed E-state index contributed by atoms with van der Waals surface area (Å²) in [7, 11) is 0. The number of hydrogen-bond donors (Lipinski definition) is 2. The molecule has 0 unspecified atom stereocenters. The minimum absolute atomic E-state index is 0.0612. The van der Waals surface area contributed by atoms with Crippen molar-refractivity contribution in [2.24, 2.45) is 5.92 Å². The molecule has 1 aliphatic heterocycles. The lowest BCUT2D eigenvalue weighted by atomic mass is 9.99. The van der Waals surface area contributed by atoms with Gasteiger partial charge in [0.05, 0.1) is 12.5 Å². The highest BCUT2D eigenvalue weighted by atomic mass is 32.1. The number of esters is 1. The van der Waals surface area contributed by atoms with Gasteiger partial charge in [-0.1, -0.05) is 6.92 Å². The van der Waals surface area contributed by atoms with E-state index in [0.717, 1.165) is 25.1 Å². The highest BCUT2D eigenvalue weighted by Gasteiger charge is 2.34. The number of carbonyl (C=O) groups is 1. The molecule has 0 radical (unpaired) electrons. The molecule has 2 N–H and O–H groups in total. The van der Waals surface area contributed by atoms with E-state index < -0.39 is 0 Å². The molecule has 2 heterocycles. The van der Waals surface area contributed by atoms with Crippen LogP contribution in [0.3, 0.4) is 0 Å². The third kappa shape index (κ3) is 4.14. The van der Waals surface area contributed by atoms with E-state index >= 15 is 0 Å². The SMILES string of the molecule is CCCOC[C@H]1C[C@H](CCc2nc(=S)[nH][nH]2)C(=O)O1. The van der Waals surface area contributed by atoms with Crippen molar-refractivity contribution in [3.05, 3.63) is 10.6 Å². The standard InChI is InChI=1S/C12H19N3O3S/c1-2-5-17-7-9-6-8(11(16)18-9)3-4-10-13-12(19)15-14-10/h8-9H,2-7H2,1H3,(H2,13,14,15,19)/t8-,9+/m0/s1. The zero-order valence-corrected chi connectivity index (χ0v) is 11.8. The Morgan fingerprint density at radius 3 is 3.05 bits per heavy atom. The van der Waals surface area contributed by atoms with Gasteiger partial charge < -0.3 is 9.47 Å². The summed E-state index contributed by atoms with van der Waals surface area (Å²) in [6.45, 7) is 3.26. The third-order valence-electron chi connectivity index (χ3n) is 3.10. The number of cyclic esters (lactones) is 1. The van der Waals surface area contributed by atoms with E-state index in [-0.39, 0.29) is 18.0 Å². The van der Waals surface area contributed by atoms with E-state index in [2.05, 4.69) is 22.1 Å². The number of carbonyl (C=O) groups excluding carboxylic acids is 1. The Hall–Kier alpha value is -1.21. The Labute approximate surface area is 116 Å². The first kappa shape index (κ1) is 14.2. The average Bonchev–Trinajstić information content (AvgIpc) is 2.94. The van der Waals surface area contributed by atoms with Crippen molar-refractivity contribution < 1.29 is 14.3 Å². The average molecular weight is 285 g/mol. The van der Waals surface area contributed by atoms with Gasteiger partial charge in [-0.25, -0.2) is 4.98 Å². The number of aromatic amines is 2. The van der Waals surface area contributed by atoms with Gasteiger partial charge in [-0.05, 0) is 31.5 Å². The fourth-order valence-electron chi connectivity index (χ4n) is 2.15. The van der Waals surface area contributed by atoms with Crippen LogP contribution in [0.15, 0.2) is 0 Å². The van der Waals surface area contributed by atoms with Crippen molar-refractivity contribution >= 4 is 18.2 Å². The second-order valence-corrected chi connectivity index (χ2v) is 5.11. The summed E-state index contributed by atoms with van der Waals surface area (Å²) in [6.07, 6.45) is 3.02. The molecule has 0 bridgehead atoms. The van der Waals surface area contributed by atoms with Crippen LogP contribution in [0, 0.1) is 10.7 Å². The molecule has 6 nitrogen and oxygen atoms in total. The fourth-order valence-corrected chi connectivity index (χ4v) is 2.31. The number of nitrogens with zero attached hydrogens (tertiary/aromatic N) is 1. The molecule has 0 aliphatic carbocycles. The van der Waals surface area contributed by atoms with E-state index in [1.165, 1.54) is 0 Å². The van der Waals surface area contributed by atoms with Gasteiger partial charge in [0.25, 0.3) is 0 Å². The van der Waals surface area contributed by atoms with Crippen molar-refractivity contribution in [2.75, 3.05) is 13.2 Å². The monoisotopic (exact) mass is 285 g/mol. The van der Waals surface area contributed by atoms with E-state index in [1.807, 2.05) is 0 Å². The minimum atomic E-state index is -0.126. The predicted molar refractivity (Wildman–Crippen MR) is 71.2 cm³/mol. The number of H-pyrrole nitrogens is 2. The molecular weight excluding hydrogens is 266 g/mol. The maximum Gasteiger partial charge on any atom is 0.309 e. The Bertz CT molecular complexity index is 471. The highest BCUT2D eigenvalue weighted by molar-refractivity contribution is 7.71. The van der Waals surface area contributed by atoms with Crippen LogP contribution in [0.1, 0.15) is 32.0 Å². The summed E-state index contributed by atoms with van der Waals surface area (Å²) < 4.78 is 11.1. The Balaban J connectivity index is 1.75. The lowest BCUT2D eigenvalue weighted by molar-refractivity contribution is -0.146. The van der Waals surface area contributed by atoms with E-state index in [9.17, 15) is 4.79 Å². The number of ether oxygens (including phenoxy) is 2. The molecule has 106 valence electrons. The minimum Gasteiger partial charge on any atom is -0.460 e. The second kappa shape index (κ2) is 6.81. The highest BCUT2D eigenvalue weighted by Crippen LogP contribution is 2.25. The van der Waals surface area contributed by atoms with Crippen LogP contribution in [0.25, 0.3) is 0 Å². The molecule has 7 heteroatoms. The number of aromatic nitrogens is 3. The molecule has 1 aliphatic rings. The molecule has 19 heavy (non-hydrogen) atoms. The Morgan fingerprint density at radius 2 is 2.37 bits per heavy atom. The van der Waals surface area contributed by atoms with Gasteiger partial charge in [-0.3, -0.25) is 15.0 Å². The zero-order valence-electron chi connectivity index (χ0n) is 11.0. The van der Waals surface area contributed by atoms with E-state index in [1.54, 1.807) is 0 Å². The molecule has 2 rings (SSSR count). The van der Waals surface area contributed by atoms with Crippen LogP contribution in [0.2, 0.25) is 0 Å². The first-order chi connectivity index (χ1) is 9.19. The third-order valence-corrected chi connectivity index (χ3v) is 3.29. The van der Waals surface area contributed by atoms with Crippen LogP contribution in [0.4, 0.5) is 0 Å². The molecule has 1 fully saturated rings. The predicted octanol–water partition coefficient (Wildman–Crippen LogP) is 1.76. The van der Waals surface area contributed by atoms with Gasteiger partial charge in [0.15, 0.2) is 0 Å². The van der Waals surface area contributed by atoms with Gasteiger partial charge in [0, 0.05) is 13.0 Å². The quantitative estimate of drug-likeness (QED) is 0.453. The summed E-state index contributed by atoms with van der Waals surface area (Å²) >= 11 is 4.88. The molecule has 0 aromatic carbocycles. The summed E-state index contributed by atoms with van der Waals surface area (Å²) in [5.74, 6) is 0.594. The first-order valence-corrected chi connectivity index (χ1v) is 7.01. The molecule has 1 saturated heterocycles. The number of aryl methyl sites for hydroxylation is 1. The first-order valence-electron chi connectivity index (χ1n) is 6.60. The second-order valence-electron chi connectivity index (χ2n) is 4.72. The molecule has 1 aromatic rings. The lowest BCUT2D eigenvalue weighted by Gasteiger charge is -2.08. The summed E-state index contributed by atoms with van der Waals surface area (Å²) in [5.41, 5.74) is 0. The smallest absolute Gasteiger partial charge is 0.309 e. The lowest BCUT2D eigenvalue weighted by Crippen LogP contribution is -2.15. The van der Waals surface area contributed by atoms with Crippen molar-refractivity contribution in [3.63, 3.8) is 0 Å². The largest absolute Gasteiger partial charge is 0.460 e. The molecule has 0 spiro atoms. The van der Waals surface area contributed by atoms with Gasteiger partial charge >= 0.3 is 5.97 Å². The van der Waals surface area contributed by atoms with Gasteiger partial charge in [0.1, 0.15) is 11.9 Å².